The summed E-state index contributed by atoms with van der Waals surface area (Å²) in [5, 5.41) is 1.14. The van der Waals surface area contributed by atoms with E-state index in [0.717, 1.165) is 11.3 Å². The summed E-state index contributed by atoms with van der Waals surface area (Å²) in [5.41, 5.74) is 0.940. The topological polar surface area (TPSA) is 22.1 Å². The lowest BCUT2D eigenvalue weighted by atomic mass is 10.3. The molecule has 1 aromatic heterocycles. The van der Waals surface area contributed by atoms with Crippen molar-refractivity contribution in [2.75, 3.05) is 0 Å². The fourth-order valence-electron chi connectivity index (χ4n) is 1.25. The predicted octanol–water partition coefficient (Wildman–Crippen LogP) is 4.49. The molecule has 0 saturated carbocycles. The van der Waals surface area contributed by atoms with Crippen LogP contribution in [-0.2, 0) is 0 Å². The Balaban J connectivity index is 2.23. The van der Waals surface area contributed by atoms with Crippen molar-refractivity contribution in [3.05, 3.63) is 52.3 Å². The van der Waals surface area contributed by atoms with Crippen LogP contribution in [0.25, 0.3) is 0 Å². The summed E-state index contributed by atoms with van der Waals surface area (Å²) in [6.45, 7) is 1.92. The summed E-state index contributed by atoms with van der Waals surface area (Å²) >= 11 is 11.5. The van der Waals surface area contributed by atoms with Crippen molar-refractivity contribution < 1.29 is 4.74 Å². The predicted molar refractivity (Wildman–Crippen MR) is 65.5 cm³/mol. The minimum atomic E-state index is 0.459. The molecule has 2 aromatic rings. The van der Waals surface area contributed by atoms with Crippen LogP contribution in [0.1, 0.15) is 5.56 Å². The van der Waals surface area contributed by atoms with Gasteiger partial charge in [-0.3, -0.25) is 0 Å². The first-order valence-electron chi connectivity index (χ1n) is 4.71. The lowest BCUT2D eigenvalue weighted by Crippen LogP contribution is -1.89. The molecule has 0 unspecified atom stereocenters. The summed E-state index contributed by atoms with van der Waals surface area (Å²) < 4.78 is 5.64. The zero-order chi connectivity index (χ0) is 11.5. The molecule has 4 heteroatoms. The Morgan fingerprint density at radius 3 is 2.44 bits per heavy atom. The van der Waals surface area contributed by atoms with Crippen LogP contribution < -0.4 is 4.74 Å². The highest BCUT2D eigenvalue weighted by atomic mass is 35.5. The number of nitrogens with zero attached hydrogens (tertiary/aromatic N) is 1. The number of aromatic nitrogens is 1. The molecule has 82 valence electrons. The Kier molecular flexibility index (Phi) is 3.32. The molecule has 16 heavy (non-hydrogen) atoms. The van der Waals surface area contributed by atoms with Crippen molar-refractivity contribution in [2.24, 2.45) is 0 Å². The zero-order valence-corrected chi connectivity index (χ0v) is 10.1. The number of hydrogen-bond donors (Lipinski definition) is 0. The molecule has 2 rings (SSSR count). The van der Waals surface area contributed by atoms with Gasteiger partial charge in [0.15, 0.2) is 0 Å². The molecule has 0 saturated heterocycles. The molecule has 1 heterocycles. The van der Waals surface area contributed by atoms with Gasteiger partial charge in [-0.2, -0.15) is 0 Å². The van der Waals surface area contributed by atoms with E-state index in [9.17, 15) is 0 Å². The Morgan fingerprint density at radius 1 is 1.12 bits per heavy atom. The van der Waals surface area contributed by atoms with Crippen LogP contribution in [0.15, 0.2) is 36.5 Å². The number of halogens is 2. The maximum atomic E-state index is 5.78. The highest BCUT2D eigenvalue weighted by Gasteiger charge is 2.02. The van der Waals surface area contributed by atoms with Crippen LogP contribution in [0.3, 0.4) is 0 Å². The van der Waals surface area contributed by atoms with Gasteiger partial charge in [-0.15, -0.1) is 0 Å². The van der Waals surface area contributed by atoms with Crippen LogP contribution in [-0.4, -0.2) is 4.98 Å². The van der Waals surface area contributed by atoms with Gasteiger partial charge < -0.3 is 4.74 Å². The number of hydrogen-bond acceptors (Lipinski definition) is 2. The first-order chi connectivity index (χ1) is 7.65. The molecule has 0 N–H and O–H groups in total. The third-order valence-corrected chi connectivity index (χ3v) is 2.53. The SMILES string of the molecule is Cc1cc(Cl)ncc1Oc1ccc(Cl)cc1. The first-order valence-corrected chi connectivity index (χ1v) is 5.46. The third kappa shape index (κ3) is 2.65. The molecule has 0 spiro atoms. The fraction of sp³-hybridized carbons (Fsp3) is 0.0833. The average molecular weight is 254 g/mol. The van der Waals surface area contributed by atoms with Gasteiger partial charge in [-0.25, -0.2) is 4.98 Å². The van der Waals surface area contributed by atoms with Crippen molar-refractivity contribution in [2.45, 2.75) is 6.92 Å². The fourth-order valence-corrected chi connectivity index (χ4v) is 1.58. The van der Waals surface area contributed by atoms with Gasteiger partial charge in [0.2, 0.25) is 0 Å². The minimum absolute atomic E-state index is 0.459. The monoisotopic (exact) mass is 253 g/mol. The Labute approximate surface area is 104 Å². The van der Waals surface area contributed by atoms with E-state index in [1.165, 1.54) is 0 Å². The van der Waals surface area contributed by atoms with Crippen molar-refractivity contribution in [1.82, 2.24) is 4.98 Å². The molecule has 0 fully saturated rings. The zero-order valence-electron chi connectivity index (χ0n) is 8.58. The Bertz CT molecular complexity index is 497. The molecule has 2 nitrogen and oxygen atoms in total. The summed E-state index contributed by atoms with van der Waals surface area (Å²) in [6.07, 6.45) is 1.60. The van der Waals surface area contributed by atoms with Crippen molar-refractivity contribution in [1.29, 1.82) is 0 Å². The van der Waals surface area contributed by atoms with Crippen LogP contribution in [0.5, 0.6) is 11.5 Å². The van der Waals surface area contributed by atoms with Crippen molar-refractivity contribution in [3.8, 4) is 11.5 Å². The van der Waals surface area contributed by atoms with Gasteiger partial charge in [0.05, 0.1) is 6.20 Å². The second-order valence-corrected chi connectivity index (χ2v) is 4.15. The van der Waals surface area contributed by atoms with Gasteiger partial charge in [-0.05, 0) is 42.8 Å². The van der Waals surface area contributed by atoms with Gasteiger partial charge in [0.1, 0.15) is 16.7 Å². The van der Waals surface area contributed by atoms with E-state index in [2.05, 4.69) is 4.98 Å². The quantitative estimate of drug-likeness (QED) is 0.736. The van der Waals surface area contributed by atoms with E-state index in [1.807, 2.05) is 6.92 Å². The molecule has 0 amide bonds. The molecular formula is C12H9Cl2NO. The average Bonchev–Trinajstić information content (AvgIpc) is 2.25. The number of aryl methyl sites for hydroxylation is 1. The summed E-state index contributed by atoms with van der Waals surface area (Å²) in [6, 6.07) is 8.91. The first kappa shape index (κ1) is 11.2. The van der Waals surface area contributed by atoms with Crippen LogP contribution in [0.4, 0.5) is 0 Å². The third-order valence-electron chi connectivity index (χ3n) is 2.07. The molecule has 0 aliphatic heterocycles. The summed E-state index contributed by atoms with van der Waals surface area (Å²) in [5.74, 6) is 1.41. The van der Waals surface area contributed by atoms with Gasteiger partial charge >= 0.3 is 0 Å². The minimum Gasteiger partial charge on any atom is -0.455 e. The maximum absolute atomic E-state index is 5.78. The second-order valence-electron chi connectivity index (χ2n) is 3.33. The standard InChI is InChI=1S/C12H9Cl2NO/c1-8-6-12(14)15-7-11(8)16-10-4-2-9(13)3-5-10/h2-7H,1H3. The van der Waals surface area contributed by atoms with Crippen LogP contribution in [0.2, 0.25) is 10.2 Å². The van der Waals surface area contributed by atoms with Gasteiger partial charge in [0.25, 0.3) is 0 Å². The number of pyridine rings is 1. The smallest absolute Gasteiger partial charge is 0.148 e. The molecule has 0 aliphatic carbocycles. The highest BCUT2D eigenvalue weighted by Crippen LogP contribution is 2.26. The molecule has 0 bridgehead atoms. The van der Waals surface area contributed by atoms with Crippen LogP contribution in [0, 0.1) is 6.92 Å². The van der Waals surface area contributed by atoms with E-state index in [4.69, 9.17) is 27.9 Å². The number of rotatable bonds is 2. The van der Waals surface area contributed by atoms with E-state index in [-0.39, 0.29) is 0 Å². The van der Waals surface area contributed by atoms with E-state index >= 15 is 0 Å². The summed E-state index contributed by atoms with van der Waals surface area (Å²) in [4.78, 5) is 3.97. The largest absolute Gasteiger partial charge is 0.455 e. The van der Waals surface area contributed by atoms with Crippen molar-refractivity contribution in [3.63, 3.8) is 0 Å². The molecule has 1 aromatic carbocycles. The molecule has 0 aliphatic rings. The van der Waals surface area contributed by atoms with Gasteiger partial charge in [-0.1, -0.05) is 23.2 Å². The molecule has 0 radical (unpaired) electrons. The summed E-state index contributed by atoms with van der Waals surface area (Å²) in [7, 11) is 0. The highest BCUT2D eigenvalue weighted by molar-refractivity contribution is 6.30. The van der Waals surface area contributed by atoms with E-state index in [1.54, 1.807) is 36.5 Å². The molecule has 0 atom stereocenters. The van der Waals surface area contributed by atoms with E-state index in [0.29, 0.717) is 15.9 Å². The lowest BCUT2D eigenvalue weighted by molar-refractivity contribution is 0.476. The second kappa shape index (κ2) is 4.73. The van der Waals surface area contributed by atoms with Gasteiger partial charge in [0, 0.05) is 5.02 Å². The lowest BCUT2D eigenvalue weighted by Gasteiger charge is -2.08. The molecular weight excluding hydrogens is 245 g/mol. The van der Waals surface area contributed by atoms with Crippen LogP contribution >= 0.6 is 23.2 Å². The van der Waals surface area contributed by atoms with E-state index < -0.39 is 0 Å². The van der Waals surface area contributed by atoms with Crippen molar-refractivity contribution >= 4 is 23.2 Å². The normalized spacial score (nSPS) is 10.2. The number of benzene rings is 1. The maximum Gasteiger partial charge on any atom is 0.148 e. The Morgan fingerprint density at radius 2 is 1.81 bits per heavy atom. The Hall–Kier alpha value is -1.25. The number of ether oxygens (including phenoxy) is 1.